The number of nitrogens with one attached hydrogen (secondary N) is 1. The highest BCUT2D eigenvalue weighted by molar-refractivity contribution is 5.80. The molecule has 0 aromatic carbocycles. The number of likely N-dealkylation sites (tertiary alicyclic amines) is 1. The number of nitrogens with two attached hydrogens (primary N) is 1. The normalized spacial score (nSPS) is 21.3. The summed E-state index contributed by atoms with van der Waals surface area (Å²) in [5, 5.41) is 2.93. The molecule has 13 heavy (non-hydrogen) atoms. The Balaban J connectivity index is 2.31. The van der Waals surface area contributed by atoms with Gasteiger partial charge >= 0.3 is 0 Å². The second-order valence-corrected chi connectivity index (χ2v) is 3.60. The van der Waals surface area contributed by atoms with Gasteiger partial charge in [-0.3, -0.25) is 4.79 Å². The third kappa shape index (κ3) is 3.32. The standard InChI is InChI=1S/C9H19N3O/c1-11-8(9(10)13)7-12-5-3-2-4-6-12/h8,11H,2-7H2,1H3,(H2,10,13). The molecule has 0 aliphatic carbocycles. The van der Waals surface area contributed by atoms with E-state index >= 15 is 0 Å². The van der Waals surface area contributed by atoms with Crippen LogP contribution in [0.25, 0.3) is 0 Å². The molecule has 0 aromatic heterocycles. The average Bonchev–Trinajstić information content (AvgIpc) is 2.15. The first-order chi connectivity index (χ1) is 6.24. The molecule has 1 aliphatic heterocycles. The zero-order valence-corrected chi connectivity index (χ0v) is 8.25. The van der Waals surface area contributed by atoms with E-state index in [1.54, 1.807) is 7.05 Å². The minimum absolute atomic E-state index is 0.196. The van der Waals surface area contributed by atoms with E-state index in [1.165, 1.54) is 19.3 Å². The lowest BCUT2D eigenvalue weighted by molar-refractivity contribution is -0.120. The molecule has 4 heteroatoms. The summed E-state index contributed by atoms with van der Waals surface area (Å²) in [6.07, 6.45) is 3.81. The van der Waals surface area contributed by atoms with Gasteiger partial charge < -0.3 is 16.0 Å². The molecule has 1 heterocycles. The average molecular weight is 185 g/mol. The predicted octanol–water partition coefficient (Wildman–Crippen LogP) is -0.454. The summed E-state index contributed by atoms with van der Waals surface area (Å²) in [7, 11) is 1.78. The van der Waals surface area contributed by atoms with Crippen LogP contribution in [0.1, 0.15) is 19.3 Å². The Morgan fingerprint density at radius 2 is 2.08 bits per heavy atom. The molecule has 3 N–H and O–H groups in total. The lowest BCUT2D eigenvalue weighted by Crippen LogP contribution is -2.48. The van der Waals surface area contributed by atoms with E-state index in [1.807, 2.05) is 0 Å². The number of piperidine rings is 1. The van der Waals surface area contributed by atoms with Gasteiger partial charge in [-0.1, -0.05) is 6.42 Å². The van der Waals surface area contributed by atoms with Gasteiger partial charge in [0.25, 0.3) is 0 Å². The minimum Gasteiger partial charge on any atom is -0.368 e. The van der Waals surface area contributed by atoms with Crippen LogP contribution in [-0.4, -0.2) is 43.5 Å². The lowest BCUT2D eigenvalue weighted by Gasteiger charge is -2.28. The summed E-state index contributed by atoms with van der Waals surface area (Å²) in [5.41, 5.74) is 5.24. The zero-order chi connectivity index (χ0) is 9.68. The molecule has 0 radical (unpaired) electrons. The maximum atomic E-state index is 10.9. The molecule has 1 amide bonds. The zero-order valence-electron chi connectivity index (χ0n) is 8.25. The number of likely N-dealkylation sites (N-methyl/N-ethyl adjacent to an activating group) is 1. The number of amides is 1. The molecular formula is C9H19N3O. The number of carbonyl (C=O) groups is 1. The van der Waals surface area contributed by atoms with Gasteiger partial charge in [-0.25, -0.2) is 0 Å². The van der Waals surface area contributed by atoms with Crippen molar-refractivity contribution in [2.45, 2.75) is 25.3 Å². The van der Waals surface area contributed by atoms with Crippen LogP contribution in [0, 0.1) is 0 Å². The summed E-state index contributed by atoms with van der Waals surface area (Å²) in [6.45, 7) is 2.96. The molecule has 4 nitrogen and oxygen atoms in total. The molecule has 0 spiro atoms. The molecular weight excluding hydrogens is 166 g/mol. The van der Waals surface area contributed by atoms with E-state index in [2.05, 4.69) is 10.2 Å². The number of hydrogen-bond acceptors (Lipinski definition) is 3. The quantitative estimate of drug-likeness (QED) is 0.623. The second-order valence-electron chi connectivity index (χ2n) is 3.60. The lowest BCUT2D eigenvalue weighted by atomic mass is 10.1. The van der Waals surface area contributed by atoms with Crippen LogP contribution < -0.4 is 11.1 Å². The number of hydrogen-bond donors (Lipinski definition) is 2. The number of carbonyl (C=O) groups excluding carboxylic acids is 1. The predicted molar refractivity (Wildman–Crippen MR) is 52.3 cm³/mol. The third-order valence-electron chi connectivity index (χ3n) is 2.58. The summed E-state index contributed by atoms with van der Waals surface area (Å²) in [6, 6.07) is -0.196. The van der Waals surface area contributed by atoms with Crippen molar-refractivity contribution in [1.29, 1.82) is 0 Å². The van der Waals surface area contributed by atoms with Gasteiger partial charge in [0, 0.05) is 6.54 Å². The Hall–Kier alpha value is -0.610. The number of primary amides is 1. The van der Waals surface area contributed by atoms with E-state index < -0.39 is 0 Å². The van der Waals surface area contributed by atoms with E-state index in [0.29, 0.717) is 0 Å². The molecule has 1 fully saturated rings. The Morgan fingerprint density at radius 3 is 2.54 bits per heavy atom. The van der Waals surface area contributed by atoms with Crippen LogP contribution in [-0.2, 0) is 4.79 Å². The van der Waals surface area contributed by atoms with Gasteiger partial charge in [-0.05, 0) is 33.0 Å². The van der Waals surface area contributed by atoms with Gasteiger partial charge in [-0.15, -0.1) is 0 Å². The van der Waals surface area contributed by atoms with Crippen molar-refractivity contribution in [1.82, 2.24) is 10.2 Å². The molecule has 0 aromatic rings. The first-order valence-corrected chi connectivity index (χ1v) is 4.93. The summed E-state index contributed by atoms with van der Waals surface area (Å²) >= 11 is 0. The summed E-state index contributed by atoms with van der Waals surface area (Å²) < 4.78 is 0. The molecule has 1 saturated heterocycles. The van der Waals surface area contributed by atoms with E-state index in [0.717, 1.165) is 19.6 Å². The van der Waals surface area contributed by atoms with Crippen LogP contribution in [0.2, 0.25) is 0 Å². The maximum absolute atomic E-state index is 10.9. The van der Waals surface area contributed by atoms with Crippen molar-refractivity contribution in [3.8, 4) is 0 Å². The Labute approximate surface area is 79.5 Å². The third-order valence-corrected chi connectivity index (χ3v) is 2.58. The highest BCUT2D eigenvalue weighted by atomic mass is 16.1. The fourth-order valence-electron chi connectivity index (χ4n) is 1.72. The van der Waals surface area contributed by atoms with Crippen molar-refractivity contribution in [2.75, 3.05) is 26.7 Å². The maximum Gasteiger partial charge on any atom is 0.235 e. The van der Waals surface area contributed by atoms with Crippen LogP contribution in [0.15, 0.2) is 0 Å². The van der Waals surface area contributed by atoms with Crippen LogP contribution in [0.4, 0.5) is 0 Å². The molecule has 76 valence electrons. The van der Waals surface area contributed by atoms with Crippen molar-refractivity contribution in [3.63, 3.8) is 0 Å². The molecule has 1 rings (SSSR count). The summed E-state index contributed by atoms with van der Waals surface area (Å²) in [4.78, 5) is 13.2. The van der Waals surface area contributed by atoms with Crippen molar-refractivity contribution < 1.29 is 4.79 Å². The molecule has 1 aliphatic rings. The van der Waals surface area contributed by atoms with Gasteiger partial charge in [0.2, 0.25) is 5.91 Å². The van der Waals surface area contributed by atoms with Gasteiger partial charge in [-0.2, -0.15) is 0 Å². The Kier molecular flexibility index (Phi) is 4.18. The van der Waals surface area contributed by atoms with Crippen molar-refractivity contribution in [2.24, 2.45) is 5.73 Å². The van der Waals surface area contributed by atoms with E-state index in [-0.39, 0.29) is 11.9 Å². The van der Waals surface area contributed by atoms with E-state index in [4.69, 9.17) is 5.73 Å². The van der Waals surface area contributed by atoms with Crippen molar-refractivity contribution >= 4 is 5.91 Å². The highest BCUT2D eigenvalue weighted by Crippen LogP contribution is 2.08. The van der Waals surface area contributed by atoms with Gasteiger partial charge in [0.15, 0.2) is 0 Å². The summed E-state index contributed by atoms with van der Waals surface area (Å²) in [5.74, 6) is -0.256. The topological polar surface area (TPSA) is 58.4 Å². The SMILES string of the molecule is CNC(CN1CCCCC1)C(N)=O. The van der Waals surface area contributed by atoms with E-state index in [9.17, 15) is 4.79 Å². The first-order valence-electron chi connectivity index (χ1n) is 4.93. The van der Waals surface area contributed by atoms with Crippen molar-refractivity contribution in [3.05, 3.63) is 0 Å². The fourth-order valence-corrected chi connectivity index (χ4v) is 1.72. The first kappa shape index (κ1) is 10.5. The Morgan fingerprint density at radius 1 is 1.46 bits per heavy atom. The van der Waals surface area contributed by atoms with Gasteiger partial charge in [0.1, 0.15) is 0 Å². The smallest absolute Gasteiger partial charge is 0.235 e. The Bertz CT molecular complexity index is 166. The fraction of sp³-hybridized carbons (Fsp3) is 0.889. The highest BCUT2D eigenvalue weighted by Gasteiger charge is 2.18. The van der Waals surface area contributed by atoms with Crippen LogP contribution in [0.5, 0.6) is 0 Å². The van der Waals surface area contributed by atoms with Gasteiger partial charge in [0.05, 0.1) is 6.04 Å². The van der Waals surface area contributed by atoms with Crippen LogP contribution >= 0.6 is 0 Å². The second kappa shape index (κ2) is 5.19. The monoisotopic (exact) mass is 185 g/mol. The number of rotatable bonds is 4. The number of nitrogens with zero attached hydrogens (tertiary/aromatic N) is 1. The molecule has 1 atom stereocenters. The molecule has 0 saturated carbocycles. The van der Waals surface area contributed by atoms with Crippen LogP contribution in [0.3, 0.4) is 0 Å². The minimum atomic E-state index is -0.256. The molecule has 0 bridgehead atoms. The molecule has 1 unspecified atom stereocenters. The largest absolute Gasteiger partial charge is 0.368 e.